The number of hydrogen-bond donors (Lipinski definition) is 1. The van der Waals surface area contributed by atoms with Crippen LogP contribution < -0.4 is 4.74 Å². The Labute approximate surface area is 173 Å². The monoisotopic (exact) mass is 396 g/mol. The highest BCUT2D eigenvalue weighted by Gasteiger charge is 2.10. The minimum atomic E-state index is 0.694. The maximum Gasteiger partial charge on any atom is 0.119 e. The van der Waals surface area contributed by atoms with Gasteiger partial charge in [-0.2, -0.15) is 0 Å². The summed E-state index contributed by atoms with van der Waals surface area (Å²) in [6.45, 7) is 7.32. The molecule has 7 heteroatoms. The molecule has 2 aromatic heterocycles. The van der Waals surface area contributed by atoms with Crippen LogP contribution in [0.2, 0.25) is 0 Å². The van der Waals surface area contributed by atoms with Crippen LogP contribution in [-0.2, 0) is 19.6 Å². The minimum Gasteiger partial charge on any atom is -0.494 e. The van der Waals surface area contributed by atoms with E-state index in [4.69, 9.17) is 4.74 Å². The lowest BCUT2D eigenvalue weighted by Crippen LogP contribution is -2.31. The van der Waals surface area contributed by atoms with Crippen molar-refractivity contribution in [2.75, 3.05) is 33.8 Å². The molecule has 29 heavy (non-hydrogen) atoms. The molecule has 0 aliphatic carbocycles. The normalized spacial score (nSPS) is 11.5. The predicted octanol–water partition coefficient (Wildman–Crippen LogP) is 2.95. The number of aromatic nitrogens is 4. The molecule has 0 spiro atoms. The van der Waals surface area contributed by atoms with Crippen LogP contribution in [0.1, 0.15) is 23.5 Å². The summed E-state index contributed by atoms with van der Waals surface area (Å²) < 4.78 is 8.04. The minimum absolute atomic E-state index is 0.694. The molecule has 1 N–H and O–H groups in total. The van der Waals surface area contributed by atoms with Crippen molar-refractivity contribution >= 4 is 0 Å². The Kier molecular flexibility index (Phi) is 7.84. The number of imidazole rings is 2. The fourth-order valence-electron chi connectivity index (χ4n) is 3.20. The number of likely N-dealkylation sites (N-methyl/N-ethyl adjacent to an activating group) is 1. The molecule has 3 rings (SSSR count). The number of nitrogens with one attached hydrogen (secondary N) is 1. The van der Waals surface area contributed by atoms with Gasteiger partial charge in [0.05, 0.1) is 12.9 Å². The quantitative estimate of drug-likeness (QED) is 0.477. The first-order valence-electron chi connectivity index (χ1n) is 10.1. The molecule has 1 aromatic carbocycles. The fourth-order valence-corrected chi connectivity index (χ4v) is 3.20. The lowest BCUT2D eigenvalue weighted by Gasteiger charge is -2.24. The van der Waals surface area contributed by atoms with Crippen LogP contribution in [0.3, 0.4) is 0 Å². The lowest BCUT2D eigenvalue weighted by molar-refractivity contribution is 0.223. The zero-order chi connectivity index (χ0) is 20.5. The van der Waals surface area contributed by atoms with Crippen LogP contribution >= 0.6 is 0 Å². The Balaban J connectivity index is 1.54. The molecule has 0 aliphatic rings. The van der Waals surface area contributed by atoms with Gasteiger partial charge in [0.25, 0.3) is 0 Å². The van der Waals surface area contributed by atoms with Gasteiger partial charge in [-0.1, -0.05) is 12.1 Å². The van der Waals surface area contributed by atoms with Gasteiger partial charge in [0.1, 0.15) is 11.6 Å². The van der Waals surface area contributed by atoms with Crippen molar-refractivity contribution in [1.29, 1.82) is 0 Å². The molecule has 0 fully saturated rings. The van der Waals surface area contributed by atoms with Crippen LogP contribution in [0.15, 0.2) is 49.2 Å². The Hall–Kier alpha value is -2.64. The highest BCUT2D eigenvalue weighted by molar-refractivity contribution is 5.28. The number of rotatable bonds is 12. The number of aryl methyl sites for hydroxylation is 2. The summed E-state index contributed by atoms with van der Waals surface area (Å²) in [6, 6.07) is 8.42. The second kappa shape index (κ2) is 10.8. The molecule has 0 atom stereocenters. The molecule has 7 nitrogen and oxygen atoms in total. The highest BCUT2D eigenvalue weighted by atomic mass is 16.5. The third kappa shape index (κ3) is 7.36. The highest BCUT2D eigenvalue weighted by Crippen LogP contribution is 2.16. The first kappa shape index (κ1) is 21.1. The zero-order valence-electron chi connectivity index (χ0n) is 17.7. The number of hydrogen-bond acceptors (Lipinski definition) is 5. The zero-order valence-corrected chi connectivity index (χ0v) is 17.7. The first-order valence-corrected chi connectivity index (χ1v) is 10.1. The van der Waals surface area contributed by atoms with E-state index < -0.39 is 0 Å². The van der Waals surface area contributed by atoms with Crippen molar-refractivity contribution in [2.24, 2.45) is 0 Å². The molecular weight excluding hydrogens is 364 g/mol. The van der Waals surface area contributed by atoms with Gasteiger partial charge in [0, 0.05) is 57.0 Å². The molecular formula is C22H32N6O. The van der Waals surface area contributed by atoms with E-state index in [2.05, 4.69) is 61.6 Å². The molecule has 0 saturated carbocycles. The third-order valence-electron chi connectivity index (χ3n) is 4.71. The second-order valence-corrected chi connectivity index (χ2v) is 7.66. The predicted molar refractivity (Wildman–Crippen MR) is 115 cm³/mol. The van der Waals surface area contributed by atoms with Crippen LogP contribution in [0, 0.1) is 6.92 Å². The molecule has 2 heterocycles. The number of aromatic amines is 1. The molecule has 0 bridgehead atoms. The van der Waals surface area contributed by atoms with E-state index in [0.717, 1.165) is 56.4 Å². The van der Waals surface area contributed by atoms with E-state index >= 15 is 0 Å². The maximum atomic E-state index is 5.97. The van der Waals surface area contributed by atoms with Crippen LogP contribution in [-0.4, -0.2) is 63.1 Å². The van der Waals surface area contributed by atoms with Crippen LogP contribution in [0.5, 0.6) is 5.75 Å². The van der Waals surface area contributed by atoms with Gasteiger partial charge < -0.3 is 19.2 Å². The second-order valence-electron chi connectivity index (χ2n) is 7.66. The Morgan fingerprint density at radius 3 is 2.79 bits per heavy atom. The van der Waals surface area contributed by atoms with E-state index in [-0.39, 0.29) is 0 Å². The Bertz CT molecular complexity index is 843. The van der Waals surface area contributed by atoms with Crippen LogP contribution in [0.25, 0.3) is 0 Å². The number of benzene rings is 1. The standard InChI is InChI=1S/C22H32N6O/c1-19-24-15-21(25-19)17-28(12-11-26(2)3)16-20-6-4-7-22(14-20)29-13-5-9-27-10-8-23-18-27/h4,6-8,10,14-15,18H,5,9,11-13,16-17H2,1-3H3,(H,24,25). The lowest BCUT2D eigenvalue weighted by atomic mass is 10.2. The SMILES string of the molecule is Cc1ncc(CN(CCN(C)C)Cc2cccc(OCCCn3ccnc3)c2)[nH]1. The van der Waals surface area contributed by atoms with Gasteiger partial charge in [-0.05, 0) is 45.1 Å². The van der Waals surface area contributed by atoms with Crippen molar-refractivity contribution in [1.82, 2.24) is 29.3 Å². The van der Waals surface area contributed by atoms with E-state index in [9.17, 15) is 0 Å². The Morgan fingerprint density at radius 2 is 2.07 bits per heavy atom. The van der Waals surface area contributed by atoms with Crippen molar-refractivity contribution in [3.05, 3.63) is 66.3 Å². The topological polar surface area (TPSA) is 62.2 Å². The van der Waals surface area contributed by atoms with Crippen molar-refractivity contribution in [2.45, 2.75) is 33.0 Å². The molecule has 156 valence electrons. The van der Waals surface area contributed by atoms with E-state index in [0.29, 0.717) is 6.61 Å². The van der Waals surface area contributed by atoms with E-state index in [1.54, 1.807) is 6.20 Å². The summed E-state index contributed by atoms with van der Waals surface area (Å²) in [5.74, 6) is 1.89. The smallest absolute Gasteiger partial charge is 0.119 e. The van der Waals surface area contributed by atoms with Crippen molar-refractivity contribution < 1.29 is 4.74 Å². The molecule has 0 amide bonds. The molecule has 3 aromatic rings. The number of H-pyrrole nitrogens is 1. The third-order valence-corrected chi connectivity index (χ3v) is 4.71. The summed E-state index contributed by atoms with van der Waals surface area (Å²) in [5.41, 5.74) is 2.40. The average molecular weight is 397 g/mol. The molecule has 0 aliphatic heterocycles. The van der Waals surface area contributed by atoms with Gasteiger partial charge in [0.15, 0.2) is 0 Å². The van der Waals surface area contributed by atoms with E-state index in [1.807, 2.05) is 31.7 Å². The summed E-state index contributed by atoms with van der Waals surface area (Å²) in [6.07, 6.45) is 8.50. The number of ether oxygens (including phenoxy) is 1. The molecule has 0 saturated heterocycles. The summed E-state index contributed by atoms with van der Waals surface area (Å²) in [4.78, 5) is 16.4. The summed E-state index contributed by atoms with van der Waals surface area (Å²) in [5, 5.41) is 0. The Morgan fingerprint density at radius 1 is 1.17 bits per heavy atom. The fraction of sp³-hybridized carbons (Fsp3) is 0.455. The van der Waals surface area contributed by atoms with Gasteiger partial charge in [0.2, 0.25) is 0 Å². The van der Waals surface area contributed by atoms with E-state index in [1.165, 1.54) is 5.56 Å². The van der Waals surface area contributed by atoms with Crippen molar-refractivity contribution in [3.8, 4) is 5.75 Å². The number of nitrogens with zero attached hydrogens (tertiary/aromatic N) is 5. The largest absolute Gasteiger partial charge is 0.494 e. The van der Waals surface area contributed by atoms with Crippen LogP contribution in [0.4, 0.5) is 0 Å². The van der Waals surface area contributed by atoms with Gasteiger partial charge >= 0.3 is 0 Å². The summed E-state index contributed by atoms with van der Waals surface area (Å²) >= 11 is 0. The maximum absolute atomic E-state index is 5.97. The molecule has 0 unspecified atom stereocenters. The molecule has 0 radical (unpaired) electrons. The summed E-state index contributed by atoms with van der Waals surface area (Å²) in [7, 11) is 4.22. The first-order chi connectivity index (χ1) is 14.1. The van der Waals surface area contributed by atoms with Gasteiger partial charge in [-0.25, -0.2) is 9.97 Å². The van der Waals surface area contributed by atoms with Gasteiger partial charge in [-0.3, -0.25) is 4.90 Å². The average Bonchev–Trinajstić information content (AvgIpc) is 3.35. The van der Waals surface area contributed by atoms with Gasteiger partial charge in [-0.15, -0.1) is 0 Å². The van der Waals surface area contributed by atoms with Crippen molar-refractivity contribution in [3.63, 3.8) is 0 Å².